The summed E-state index contributed by atoms with van der Waals surface area (Å²) in [5.74, 6) is -1.24. The second-order valence-electron chi connectivity index (χ2n) is 3.90. The van der Waals surface area contributed by atoms with Gasteiger partial charge in [0.25, 0.3) is 0 Å². The van der Waals surface area contributed by atoms with Crippen LogP contribution in [-0.2, 0) is 4.79 Å². The normalized spacial score (nSPS) is 15.0. The molecule has 3 nitrogen and oxygen atoms in total. The third kappa shape index (κ3) is 4.40. The average molecular weight is 354 g/mol. The Balaban J connectivity index is 0.000000956. The molecule has 112 valence electrons. The quantitative estimate of drug-likeness (QED) is 0.812. The summed E-state index contributed by atoms with van der Waals surface area (Å²) in [6.07, 6.45) is -5.18. The second-order valence-corrected chi connectivity index (χ2v) is 4.82. The third-order valence-corrected chi connectivity index (χ3v) is 3.02. The van der Waals surface area contributed by atoms with Crippen LogP contribution in [0.25, 0.3) is 0 Å². The monoisotopic (exact) mass is 353 g/mol. The standard InChI is InChI=1S/C11H9BrF3NO2.C2H6/c12-7-1-3-8(4-2-7)18-9-5-16(6-9)10(17)11(13,14)15;1-2/h1-4,9H,5-6H2;1-2H3. The van der Waals surface area contributed by atoms with Gasteiger partial charge in [-0.05, 0) is 24.3 Å². The predicted octanol–water partition coefficient (Wildman–Crippen LogP) is 3.63. The van der Waals surface area contributed by atoms with Gasteiger partial charge in [-0.1, -0.05) is 29.8 Å². The molecule has 1 heterocycles. The Morgan fingerprint density at radius 3 is 2.20 bits per heavy atom. The molecule has 0 radical (unpaired) electrons. The lowest BCUT2D eigenvalue weighted by Crippen LogP contribution is -2.59. The van der Waals surface area contributed by atoms with Gasteiger partial charge in [0.05, 0.1) is 13.1 Å². The zero-order valence-electron chi connectivity index (χ0n) is 11.1. The van der Waals surface area contributed by atoms with E-state index < -0.39 is 12.1 Å². The van der Waals surface area contributed by atoms with Crippen molar-refractivity contribution in [1.82, 2.24) is 4.90 Å². The number of halogens is 4. The van der Waals surface area contributed by atoms with Gasteiger partial charge in [0.1, 0.15) is 11.9 Å². The van der Waals surface area contributed by atoms with Crippen molar-refractivity contribution in [3.63, 3.8) is 0 Å². The van der Waals surface area contributed by atoms with Crippen LogP contribution in [0.1, 0.15) is 13.8 Å². The zero-order valence-corrected chi connectivity index (χ0v) is 12.7. The van der Waals surface area contributed by atoms with Gasteiger partial charge in [-0.25, -0.2) is 0 Å². The van der Waals surface area contributed by atoms with E-state index in [2.05, 4.69) is 15.9 Å². The number of alkyl halides is 3. The van der Waals surface area contributed by atoms with E-state index in [1.54, 1.807) is 24.3 Å². The van der Waals surface area contributed by atoms with Crippen molar-refractivity contribution in [2.75, 3.05) is 13.1 Å². The molecule has 0 aliphatic carbocycles. The molecule has 1 aromatic rings. The van der Waals surface area contributed by atoms with E-state index in [0.29, 0.717) is 5.75 Å². The highest BCUT2D eigenvalue weighted by Gasteiger charge is 2.47. The Kier molecular flexibility index (Phi) is 5.86. The van der Waals surface area contributed by atoms with E-state index in [0.717, 1.165) is 9.37 Å². The maximum Gasteiger partial charge on any atom is 0.471 e. The van der Waals surface area contributed by atoms with Gasteiger partial charge in [-0.15, -0.1) is 0 Å². The molecule has 0 N–H and O–H groups in total. The Labute approximate surface area is 123 Å². The minimum atomic E-state index is -4.80. The Bertz CT molecular complexity index is 442. The number of carbonyl (C=O) groups excluding carboxylic acids is 1. The first kappa shape index (κ1) is 16.8. The van der Waals surface area contributed by atoms with Gasteiger partial charge in [0.2, 0.25) is 0 Å². The Morgan fingerprint density at radius 1 is 1.25 bits per heavy atom. The maximum atomic E-state index is 12.1. The van der Waals surface area contributed by atoms with E-state index in [1.807, 2.05) is 13.8 Å². The summed E-state index contributed by atoms with van der Waals surface area (Å²) in [4.78, 5) is 11.6. The highest BCUT2D eigenvalue weighted by Crippen LogP contribution is 2.25. The lowest BCUT2D eigenvalue weighted by molar-refractivity contribution is -0.193. The summed E-state index contributed by atoms with van der Waals surface area (Å²) >= 11 is 3.26. The lowest BCUT2D eigenvalue weighted by atomic mass is 10.1. The molecule has 0 saturated carbocycles. The molecular formula is C13H15BrF3NO2. The summed E-state index contributed by atoms with van der Waals surface area (Å²) in [5, 5.41) is 0. The molecule has 1 aromatic carbocycles. The molecule has 1 amide bonds. The first-order chi connectivity index (χ1) is 9.36. The summed E-state index contributed by atoms with van der Waals surface area (Å²) in [5.41, 5.74) is 0. The number of ether oxygens (including phenoxy) is 1. The molecule has 1 saturated heterocycles. The van der Waals surface area contributed by atoms with Crippen LogP contribution in [0, 0.1) is 0 Å². The van der Waals surface area contributed by atoms with E-state index in [9.17, 15) is 18.0 Å². The fourth-order valence-electron chi connectivity index (χ4n) is 1.56. The molecule has 0 atom stereocenters. The summed E-state index contributed by atoms with van der Waals surface area (Å²) in [6.45, 7) is 3.93. The lowest BCUT2D eigenvalue weighted by Gasteiger charge is -2.39. The van der Waals surface area contributed by atoms with Crippen molar-refractivity contribution in [2.45, 2.75) is 26.1 Å². The van der Waals surface area contributed by atoms with Crippen LogP contribution in [0.4, 0.5) is 13.2 Å². The SMILES string of the molecule is CC.O=C(N1CC(Oc2ccc(Br)cc2)C1)C(F)(F)F. The molecular weight excluding hydrogens is 339 g/mol. The minimum absolute atomic E-state index is 0.0333. The van der Waals surface area contributed by atoms with Gasteiger partial charge >= 0.3 is 12.1 Å². The Morgan fingerprint density at radius 2 is 1.75 bits per heavy atom. The second kappa shape index (κ2) is 6.97. The zero-order chi connectivity index (χ0) is 15.3. The number of nitrogens with zero attached hydrogens (tertiary/aromatic N) is 1. The largest absolute Gasteiger partial charge is 0.487 e. The van der Waals surface area contributed by atoms with E-state index in [4.69, 9.17) is 4.74 Å². The molecule has 0 bridgehead atoms. The number of benzene rings is 1. The highest BCUT2D eigenvalue weighted by atomic mass is 79.9. The van der Waals surface area contributed by atoms with Crippen LogP contribution in [-0.4, -0.2) is 36.2 Å². The summed E-state index contributed by atoms with van der Waals surface area (Å²) in [7, 11) is 0. The third-order valence-electron chi connectivity index (χ3n) is 2.49. The van der Waals surface area contributed by atoms with Crippen molar-refractivity contribution in [3.05, 3.63) is 28.7 Å². The van der Waals surface area contributed by atoms with E-state index in [-0.39, 0.29) is 19.2 Å². The summed E-state index contributed by atoms with van der Waals surface area (Å²) < 4.78 is 42.5. The highest BCUT2D eigenvalue weighted by molar-refractivity contribution is 9.10. The van der Waals surface area contributed by atoms with Crippen LogP contribution >= 0.6 is 15.9 Å². The van der Waals surface area contributed by atoms with E-state index in [1.165, 1.54) is 0 Å². The molecule has 0 aromatic heterocycles. The number of hydrogen-bond acceptors (Lipinski definition) is 2. The average Bonchev–Trinajstić information content (AvgIpc) is 2.36. The molecule has 1 aliphatic rings. The van der Waals surface area contributed by atoms with Crippen molar-refractivity contribution >= 4 is 21.8 Å². The van der Waals surface area contributed by atoms with Crippen LogP contribution in [0.3, 0.4) is 0 Å². The molecule has 2 rings (SSSR count). The molecule has 1 fully saturated rings. The van der Waals surface area contributed by atoms with Crippen LogP contribution in [0.15, 0.2) is 28.7 Å². The van der Waals surface area contributed by atoms with Gasteiger partial charge in [-0.3, -0.25) is 4.79 Å². The number of carbonyl (C=O) groups is 1. The van der Waals surface area contributed by atoms with Crippen LogP contribution in [0.5, 0.6) is 5.75 Å². The fourth-order valence-corrected chi connectivity index (χ4v) is 1.83. The van der Waals surface area contributed by atoms with Crippen LogP contribution in [0.2, 0.25) is 0 Å². The first-order valence-corrected chi connectivity index (χ1v) is 6.94. The number of rotatable bonds is 2. The Hall–Kier alpha value is -1.24. The molecule has 20 heavy (non-hydrogen) atoms. The predicted molar refractivity (Wildman–Crippen MR) is 72.5 cm³/mol. The minimum Gasteiger partial charge on any atom is -0.487 e. The van der Waals surface area contributed by atoms with Crippen molar-refractivity contribution in [2.24, 2.45) is 0 Å². The van der Waals surface area contributed by atoms with Gasteiger partial charge in [0, 0.05) is 4.47 Å². The smallest absolute Gasteiger partial charge is 0.471 e. The van der Waals surface area contributed by atoms with Crippen molar-refractivity contribution in [1.29, 1.82) is 0 Å². The number of amides is 1. The topological polar surface area (TPSA) is 29.5 Å². The van der Waals surface area contributed by atoms with Crippen LogP contribution < -0.4 is 4.74 Å². The fraction of sp³-hybridized carbons (Fsp3) is 0.462. The van der Waals surface area contributed by atoms with Crippen molar-refractivity contribution < 1.29 is 22.7 Å². The van der Waals surface area contributed by atoms with Gasteiger partial charge in [0.15, 0.2) is 0 Å². The molecule has 7 heteroatoms. The summed E-state index contributed by atoms with van der Waals surface area (Å²) in [6, 6.07) is 6.95. The molecule has 0 spiro atoms. The number of hydrogen-bond donors (Lipinski definition) is 0. The van der Waals surface area contributed by atoms with Gasteiger partial charge in [-0.2, -0.15) is 13.2 Å². The first-order valence-electron chi connectivity index (χ1n) is 6.14. The molecule has 1 aliphatic heterocycles. The number of likely N-dealkylation sites (tertiary alicyclic amines) is 1. The van der Waals surface area contributed by atoms with Gasteiger partial charge < -0.3 is 9.64 Å². The van der Waals surface area contributed by atoms with Crippen molar-refractivity contribution in [3.8, 4) is 5.75 Å². The molecule has 0 unspecified atom stereocenters. The maximum absolute atomic E-state index is 12.1. The van der Waals surface area contributed by atoms with E-state index >= 15 is 0 Å².